The van der Waals surface area contributed by atoms with Gasteiger partial charge in [-0.15, -0.1) is 0 Å². The molecule has 1 saturated heterocycles. The highest BCUT2D eigenvalue weighted by Gasteiger charge is 2.42. The topological polar surface area (TPSA) is 81.2 Å². The van der Waals surface area contributed by atoms with Crippen LogP contribution in [0.1, 0.15) is 18.0 Å². The molecule has 22 heavy (non-hydrogen) atoms. The summed E-state index contributed by atoms with van der Waals surface area (Å²) >= 11 is 0. The first-order valence-corrected chi connectivity index (χ1v) is 6.83. The fourth-order valence-corrected chi connectivity index (χ4v) is 2.81. The molecule has 1 aromatic carbocycles. The molecule has 2 heterocycles. The van der Waals surface area contributed by atoms with Gasteiger partial charge in [0.05, 0.1) is 23.8 Å². The van der Waals surface area contributed by atoms with E-state index < -0.39 is 17.9 Å². The van der Waals surface area contributed by atoms with Gasteiger partial charge >= 0.3 is 0 Å². The predicted octanol–water partition coefficient (Wildman–Crippen LogP) is 1.02. The summed E-state index contributed by atoms with van der Waals surface area (Å²) in [6, 6.07) is 5.46. The summed E-state index contributed by atoms with van der Waals surface area (Å²) < 4.78 is 14.5. The lowest BCUT2D eigenvalue weighted by atomic mass is 9.95. The predicted molar refractivity (Wildman–Crippen MR) is 76.3 cm³/mol. The number of primary amides is 1. The second-order valence-electron chi connectivity index (χ2n) is 5.36. The van der Waals surface area contributed by atoms with Gasteiger partial charge in [0.1, 0.15) is 5.82 Å². The quantitative estimate of drug-likeness (QED) is 0.919. The van der Waals surface area contributed by atoms with Gasteiger partial charge in [0, 0.05) is 25.2 Å². The van der Waals surface area contributed by atoms with Gasteiger partial charge in [-0.1, -0.05) is 0 Å². The van der Waals surface area contributed by atoms with Crippen LogP contribution in [0.4, 0.5) is 4.39 Å². The molecule has 0 bridgehead atoms. The van der Waals surface area contributed by atoms with Crippen LogP contribution in [0.25, 0.3) is 5.69 Å². The molecule has 114 valence electrons. The van der Waals surface area contributed by atoms with Crippen molar-refractivity contribution in [2.24, 2.45) is 11.7 Å². The first-order valence-electron chi connectivity index (χ1n) is 6.83. The number of likely N-dealkylation sites (tertiary alicyclic amines) is 1. The van der Waals surface area contributed by atoms with Gasteiger partial charge in [-0.2, -0.15) is 5.10 Å². The molecular formula is C15H15FN4O2. The molecule has 1 aromatic heterocycles. The third kappa shape index (κ3) is 2.34. The smallest absolute Gasteiger partial charge is 0.223 e. The van der Waals surface area contributed by atoms with E-state index in [0.29, 0.717) is 5.69 Å². The fourth-order valence-electron chi connectivity index (χ4n) is 2.81. The van der Waals surface area contributed by atoms with Crippen LogP contribution in [0.15, 0.2) is 36.7 Å². The molecule has 2 aromatic rings. The molecule has 0 spiro atoms. The number of benzene rings is 1. The van der Waals surface area contributed by atoms with E-state index in [1.54, 1.807) is 36.3 Å². The lowest BCUT2D eigenvalue weighted by molar-refractivity contribution is -0.128. The number of carbonyl (C=O) groups excluding carboxylic acids is 2. The number of rotatable bonds is 3. The highest BCUT2D eigenvalue weighted by Crippen LogP contribution is 2.36. The number of aromatic nitrogens is 2. The summed E-state index contributed by atoms with van der Waals surface area (Å²) in [6.45, 7) is 0. The van der Waals surface area contributed by atoms with Gasteiger partial charge in [0.25, 0.3) is 0 Å². The molecule has 7 heteroatoms. The van der Waals surface area contributed by atoms with Crippen LogP contribution < -0.4 is 5.73 Å². The van der Waals surface area contributed by atoms with Gasteiger partial charge in [-0.3, -0.25) is 9.59 Å². The summed E-state index contributed by atoms with van der Waals surface area (Å²) in [4.78, 5) is 24.9. The minimum atomic E-state index is -0.566. The summed E-state index contributed by atoms with van der Waals surface area (Å²) in [6.07, 6.45) is 3.43. The van der Waals surface area contributed by atoms with Gasteiger partial charge in [0.15, 0.2) is 0 Å². The Labute approximate surface area is 126 Å². The fraction of sp³-hybridized carbons (Fsp3) is 0.267. The molecular weight excluding hydrogens is 287 g/mol. The van der Waals surface area contributed by atoms with Crippen LogP contribution in [0, 0.1) is 11.7 Å². The second kappa shape index (κ2) is 5.25. The number of nitrogens with two attached hydrogens (primary N) is 1. The zero-order valence-corrected chi connectivity index (χ0v) is 11.9. The first-order chi connectivity index (χ1) is 10.5. The van der Waals surface area contributed by atoms with E-state index >= 15 is 0 Å². The molecule has 2 amide bonds. The summed E-state index contributed by atoms with van der Waals surface area (Å²) in [5.41, 5.74) is 6.81. The Bertz CT molecular complexity index is 725. The van der Waals surface area contributed by atoms with Gasteiger partial charge < -0.3 is 10.6 Å². The molecule has 2 N–H and O–H groups in total. The Morgan fingerprint density at radius 3 is 2.68 bits per heavy atom. The highest BCUT2D eigenvalue weighted by atomic mass is 19.1. The Morgan fingerprint density at radius 1 is 1.36 bits per heavy atom. The Balaban J connectivity index is 1.94. The van der Waals surface area contributed by atoms with E-state index in [-0.39, 0.29) is 18.1 Å². The minimum absolute atomic E-state index is 0.109. The van der Waals surface area contributed by atoms with E-state index in [4.69, 9.17) is 5.73 Å². The zero-order chi connectivity index (χ0) is 15.9. The molecule has 0 radical (unpaired) electrons. The number of nitrogens with zero attached hydrogens (tertiary/aromatic N) is 3. The Hall–Kier alpha value is -2.70. The van der Waals surface area contributed by atoms with E-state index in [1.165, 1.54) is 17.0 Å². The maximum atomic E-state index is 13.0. The number of hydrogen-bond donors (Lipinski definition) is 1. The molecule has 0 saturated carbocycles. The van der Waals surface area contributed by atoms with Gasteiger partial charge in [-0.25, -0.2) is 9.07 Å². The average molecular weight is 302 g/mol. The molecule has 2 atom stereocenters. The van der Waals surface area contributed by atoms with Crippen molar-refractivity contribution < 1.29 is 14.0 Å². The second-order valence-corrected chi connectivity index (χ2v) is 5.36. The molecule has 1 fully saturated rings. The van der Waals surface area contributed by atoms with Gasteiger partial charge in [0.2, 0.25) is 11.8 Å². The van der Waals surface area contributed by atoms with E-state index in [1.807, 2.05) is 0 Å². The Kier molecular flexibility index (Phi) is 3.40. The zero-order valence-electron chi connectivity index (χ0n) is 11.9. The number of halogens is 1. The van der Waals surface area contributed by atoms with Gasteiger partial charge in [-0.05, 0) is 24.3 Å². The number of hydrogen-bond acceptors (Lipinski definition) is 3. The van der Waals surface area contributed by atoms with Crippen LogP contribution in [-0.2, 0) is 9.59 Å². The van der Waals surface area contributed by atoms with E-state index in [9.17, 15) is 14.0 Å². The summed E-state index contributed by atoms with van der Waals surface area (Å²) in [5.74, 6) is -1.52. The summed E-state index contributed by atoms with van der Waals surface area (Å²) in [7, 11) is 1.64. The minimum Gasteiger partial charge on any atom is -0.369 e. The monoisotopic (exact) mass is 302 g/mol. The SMILES string of the molecule is CN1C(=O)CC(C(N)=O)C1c1cnn(-c2ccc(F)cc2)c1. The van der Waals surface area contributed by atoms with Crippen LogP contribution in [-0.4, -0.2) is 33.5 Å². The van der Waals surface area contributed by atoms with Crippen LogP contribution >= 0.6 is 0 Å². The highest BCUT2D eigenvalue weighted by molar-refractivity contribution is 5.89. The average Bonchev–Trinajstić information content (AvgIpc) is 3.06. The van der Waals surface area contributed by atoms with Crippen molar-refractivity contribution in [3.8, 4) is 5.69 Å². The van der Waals surface area contributed by atoms with Crippen molar-refractivity contribution in [3.05, 3.63) is 48.0 Å². The molecule has 0 aliphatic carbocycles. The van der Waals surface area contributed by atoms with E-state index in [2.05, 4.69) is 5.10 Å². The van der Waals surface area contributed by atoms with Crippen LogP contribution in [0.5, 0.6) is 0 Å². The maximum Gasteiger partial charge on any atom is 0.223 e. The molecule has 1 aliphatic heterocycles. The largest absolute Gasteiger partial charge is 0.369 e. The van der Waals surface area contributed by atoms with Crippen molar-refractivity contribution in [1.82, 2.24) is 14.7 Å². The van der Waals surface area contributed by atoms with Crippen molar-refractivity contribution in [3.63, 3.8) is 0 Å². The van der Waals surface area contributed by atoms with Crippen LogP contribution in [0.3, 0.4) is 0 Å². The third-order valence-corrected chi connectivity index (χ3v) is 3.99. The molecule has 1 aliphatic rings. The first kappa shape index (κ1) is 14.2. The lowest BCUT2D eigenvalue weighted by Crippen LogP contribution is -2.30. The van der Waals surface area contributed by atoms with E-state index in [0.717, 1.165) is 5.56 Å². The molecule has 6 nitrogen and oxygen atoms in total. The third-order valence-electron chi connectivity index (χ3n) is 3.99. The van der Waals surface area contributed by atoms with Crippen molar-refractivity contribution in [2.45, 2.75) is 12.5 Å². The maximum absolute atomic E-state index is 13.0. The molecule has 2 unspecified atom stereocenters. The Morgan fingerprint density at radius 2 is 2.05 bits per heavy atom. The number of amides is 2. The van der Waals surface area contributed by atoms with Crippen molar-refractivity contribution in [2.75, 3.05) is 7.05 Å². The number of carbonyl (C=O) groups is 2. The normalized spacial score (nSPS) is 21.4. The van der Waals surface area contributed by atoms with Crippen LogP contribution in [0.2, 0.25) is 0 Å². The van der Waals surface area contributed by atoms with Crippen molar-refractivity contribution >= 4 is 11.8 Å². The molecule has 3 rings (SSSR count). The standard InChI is InChI=1S/C15H15FN4O2/c1-19-13(21)6-12(15(17)22)14(19)9-7-18-20(8-9)11-4-2-10(16)3-5-11/h2-5,7-8,12,14H,6H2,1H3,(H2,17,22). The van der Waals surface area contributed by atoms with Crippen molar-refractivity contribution in [1.29, 1.82) is 0 Å². The lowest BCUT2D eigenvalue weighted by Gasteiger charge is -2.21. The summed E-state index contributed by atoms with van der Waals surface area (Å²) in [5, 5.41) is 4.22.